The second-order valence-electron chi connectivity index (χ2n) is 9.92. The maximum Gasteiger partial charge on any atom is 0.264 e. The van der Waals surface area contributed by atoms with E-state index in [0.29, 0.717) is 33.3 Å². The van der Waals surface area contributed by atoms with Crippen molar-refractivity contribution in [1.29, 1.82) is 0 Å². The van der Waals surface area contributed by atoms with E-state index in [1.54, 1.807) is 62.4 Å². The van der Waals surface area contributed by atoms with Crippen molar-refractivity contribution < 1.29 is 18.0 Å². The Labute approximate surface area is 247 Å². The fourth-order valence-corrected chi connectivity index (χ4v) is 6.49. The van der Waals surface area contributed by atoms with Crippen LogP contribution in [-0.4, -0.2) is 43.8 Å². The van der Waals surface area contributed by atoms with Crippen molar-refractivity contribution in [1.82, 2.24) is 10.2 Å². The third-order valence-corrected chi connectivity index (χ3v) is 8.92. The molecule has 0 heterocycles. The number of anilines is 1. The van der Waals surface area contributed by atoms with Crippen LogP contribution in [0, 0.1) is 13.8 Å². The zero-order valence-corrected chi connectivity index (χ0v) is 25.6. The fraction of sp³-hybridized carbons (Fsp3) is 0.333. The molecule has 1 atom stereocenters. The first-order valence-corrected chi connectivity index (χ1v) is 15.2. The highest BCUT2D eigenvalue weighted by molar-refractivity contribution is 7.92. The number of amides is 2. The van der Waals surface area contributed by atoms with Crippen molar-refractivity contribution in [2.45, 2.75) is 64.6 Å². The standard InChI is InChI=1S/C30H35Cl2N3O4S/c1-6-27(30(37)33-20(2)3)34(18-24-25(31)13-10-14-26(24)32)29(36)19-35(28-16-15-21(4)17-22(28)5)40(38,39)23-11-8-7-9-12-23/h7-17,20,27H,6,18-19H2,1-5H3,(H,33,37)/t27-/m0/s1. The SMILES string of the molecule is CC[C@@H](C(=O)NC(C)C)N(Cc1c(Cl)cccc1Cl)C(=O)CN(c1ccc(C)cc1C)S(=O)(=O)c1ccccc1. The minimum Gasteiger partial charge on any atom is -0.352 e. The van der Waals surface area contributed by atoms with Crippen molar-refractivity contribution in [2.75, 3.05) is 10.8 Å². The Morgan fingerprint density at radius 2 is 1.55 bits per heavy atom. The van der Waals surface area contributed by atoms with Gasteiger partial charge >= 0.3 is 0 Å². The number of carbonyl (C=O) groups excluding carboxylic acids is 2. The Morgan fingerprint density at radius 1 is 0.925 bits per heavy atom. The average Bonchev–Trinajstić information content (AvgIpc) is 2.89. The number of hydrogen-bond donors (Lipinski definition) is 1. The molecule has 3 aromatic carbocycles. The summed E-state index contributed by atoms with van der Waals surface area (Å²) in [6.45, 7) is 8.55. The molecular weight excluding hydrogens is 569 g/mol. The summed E-state index contributed by atoms with van der Waals surface area (Å²) in [4.78, 5) is 28.8. The predicted molar refractivity (Wildman–Crippen MR) is 161 cm³/mol. The Balaban J connectivity index is 2.13. The number of nitrogens with zero attached hydrogens (tertiary/aromatic N) is 2. The molecule has 0 unspecified atom stereocenters. The molecular formula is C30H35Cl2N3O4S. The first kappa shape index (κ1) is 31.5. The predicted octanol–water partition coefficient (Wildman–Crippen LogP) is 6.14. The van der Waals surface area contributed by atoms with Gasteiger partial charge in [-0.1, -0.05) is 72.1 Å². The maximum atomic E-state index is 14.2. The number of carbonyl (C=O) groups is 2. The Bertz CT molecular complexity index is 1440. The molecule has 7 nitrogen and oxygen atoms in total. The lowest BCUT2D eigenvalue weighted by Crippen LogP contribution is -2.53. The van der Waals surface area contributed by atoms with Crippen LogP contribution in [0.2, 0.25) is 10.0 Å². The molecule has 0 radical (unpaired) electrons. The molecule has 2 amide bonds. The molecule has 0 bridgehead atoms. The summed E-state index contributed by atoms with van der Waals surface area (Å²) in [5.41, 5.74) is 2.49. The Hall–Kier alpha value is -3.07. The molecule has 0 fully saturated rings. The van der Waals surface area contributed by atoms with E-state index in [1.807, 2.05) is 26.8 Å². The number of aryl methyl sites for hydroxylation is 2. The summed E-state index contributed by atoms with van der Waals surface area (Å²) in [5.74, 6) is -0.917. The highest BCUT2D eigenvalue weighted by Crippen LogP contribution is 2.30. The normalized spacial score (nSPS) is 12.2. The van der Waals surface area contributed by atoms with E-state index in [-0.39, 0.29) is 23.4 Å². The Morgan fingerprint density at radius 3 is 2.10 bits per heavy atom. The molecule has 0 spiro atoms. The van der Waals surface area contributed by atoms with E-state index in [9.17, 15) is 18.0 Å². The lowest BCUT2D eigenvalue weighted by atomic mass is 10.1. The highest BCUT2D eigenvalue weighted by Gasteiger charge is 2.34. The quantitative estimate of drug-likeness (QED) is 0.285. The minimum absolute atomic E-state index is 0.0491. The molecule has 0 saturated carbocycles. The molecule has 214 valence electrons. The van der Waals surface area contributed by atoms with Crippen LogP contribution in [0.3, 0.4) is 0 Å². The summed E-state index contributed by atoms with van der Waals surface area (Å²) >= 11 is 12.9. The van der Waals surface area contributed by atoms with Crippen LogP contribution in [0.5, 0.6) is 0 Å². The summed E-state index contributed by atoms with van der Waals surface area (Å²) < 4.78 is 29.0. The van der Waals surface area contributed by atoms with Crippen LogP contribution in [-0.2, 0) is 26.2 Å². The maximum absolute atomic E-state index is 14.2. The molecule has 3 aromatic rings. The average molecular weight is 605 g/mol. The lowest BCUT2D eigenvalue weighted by Gasteiger charge is -2.34. The third-order valence-electron chi connectivity index (χ3n) is 6.44. The smallest absolute Gasteiger partial charge is 0.264 e. The van der Waals surface area contributed by atoms with Crippen LogP contribution >= 0.6 is 23.2 Å². The third kappa shape index (κ3) is 7.36. The fourth-order valence-electron chi connectivity index (χ4n) is 4.47. The van der Waals surface area contributed by atoms with Gasteiger partial charge in [0, 0.05) is 28.2 Å². The molecule has 0 saturated heterocycles. The monoisotopic (exact) mass is 603 g/mol. The van der Waals surface area contributed by atoms with Gasteiger partial charge in [-0.2, -0.15) is 0 Å². The lowest BCUT2D eigenvalue weighted by molar-refractivity contribution is -0.140. The van der Waals surface area contributed by atoms with Gasteiger partial charge < -0.3 is 10.2 Å². The first-order chi connectivity index (χ1) is 18.9. The molecule has 10 heteroatoms. The molecule has 0 aromatic heterocycles. The van der Waals surface area contributed by atoms with Crippen molar-refractivity contribution >= 4 is 50.7 Å². The Kier molecular flexibility index (Phi) is 10.6. The molecule has 1 N–H and O–H groups in total. The van der Waals surface area contributed by atoms with Crippen molar-refractivity contribution in [3.63, 3.8) is 0 Å². The van der Waals surface area contributed by atoms with Gasteiger partial charge in [-0.15, -0.1) is 0 Å². The summed E-state index contributed by atoms with van der Waals surface area (Å²) in [6, 6.07) is 17.3. The van der Waals surface area contributed by atoms with Crippen molar-refractivity contribution in [3.8, 4) is 0 Å². The van der Waals surface area contributed by atoms with Crippen molar-refractivity contribution in [3.05, 3.63) is 93.5 Å². The van der Waals surface area contributed by atoms with E-state index in [2.05, 4.69) is 5.32 Å². The van der Waals surface area contributed by atoms with Crippen molar-refractivity contribution in [2.24, 2.45) is 0 Å². The molecule has 3 rings (SSSR count). The molecule has 40 heavy (non-hydrogen) atoms. The number of hydrogen-bond acceptors (Lipinski definition) is 4. The summed E-state index contributed by atoms with van der Waals surface area (Å²) in [6.07, 6.45) is 0.293. The van der Waals surface area contributed by atoms with Crippen LogP contribution in [0.15, 0.2) is 71.6 Å². The van der Waals surface area contributed by atoms with E-state index in [4.69, 9.17) is 23.2 Å². The van der Waals surface area contributed by atoms with Crippen LogP contribution in [0.1, 0.15) is 43.9 Å². The van der Waals surface area contributed by atoms with Gasteiger partial charge in [-0.3, -0.25) is 13.9 Å². The number of benzene rings is 3. The van der Waals surface area contributed by atoms with Gasteiger partial charge in [-0.05, 0) is 70.0 Å². The van der Waals surface area contributed by atoms with E-state index < -0.39 is 28.5 Å². The van der Waals surface area contributed by atoms with Crippen LogP contribution in [0.4, 0.5) is 5.69 Å². The van der Waals surface area contributed by atoms with Gasteiger partial charge in [0.05, 0.1) is 10.6 Å². The second-order valence-corrected chi connectivity index (χ2v) is 12.6. The molecule has 0 aliphatic heterocycles. The number of halogens is 2. The van der Waals surface area contributed by atoms with Crippen LogP contribution < -0.4 is 9.62 Å². The molecule has 0 aliphatic rings. The van der Waals surface area contributed by atoms with Gasteiger partial charge in [0.25, 0.3) is 10.0 Å². The largest absolute Gasteiger partial charge is 0.352 e. The van der Waals surface area contributed by atoms with E-state index in [0.717, 1.165) is 9.87 Å². The number of rotatable bonds is 11. The van der Waals surface area contributed by atoms with Gasteiger partial charge in [0.1, 0.15) is 12.6 Å². The number of nitrogens with one attached hydrogen (secondary N) is 1. The first-order valence-electron chi connectivity index (χ1n) is 13.0. The molecule has 0 aliphatic carbocycles. The zero-order chi connectivity index (χ0) is 29.6. The highest BCUT2D eigenvalue weighted by atomic mass is 35.5. The van der Waals surface area contributed by atoms with E-state index in [1.165, 1.54) is 17.0 Å². The van der Waals surface area contributed by atoms with Gasteiger partial charge in [0.2, 0.25) is 11.8 Å². The second kappa shape index (κ2) is 13.5. The number of sulfonamides is 1. The van der Waals surface area contributed by atoms with E-state index >= 15 is 0 Å². The topological polar surface area (TPSA) is 86.8 Å². The minimum atomic E-state index is -4.15. The van der Waals surface area contributed by atoms with Gasteiger partial charge in [0.15, 0.2) is 0 Å². The van der Waals surface area contributed by atoms with Gasteiger partial charge in [-0.25, -0.2) is 8.42 Å². The summed E-state index contributed by atoms with van der Waals surface area (Å²) in [7, 11) is -4.15. The summed E-state index contributed by atoms with van der Waals surface area (Å²) in [5, 5.41) is 3.55. The van der Waals surface area contributed by atoms with Crippen LogP contribution in [0.25, 0.3) is 0 Å². The zero-order valence-electron chi connectivity index (χ0n) is 23.3.